The molecular weight excluding hydrogens is 318 g/mol. The zero-order chi connectivity index (χ0) is 17.0. The molecule has 2 aromatic rings. The lowest BCUT2D eigenvalue weighted by atomic mass is 10.2. The highest BCUT2D eigenvalue weighted by molar-refractivity contribution is 6.30. The van der Waals surface area contributed by atoms with Crippen LogP contribution in [0.5, 0.6) is 0 Å². The second kappa shape index (κ2) is 7.28. The first-order valence-electron chi connectivity index (χ1n) is 7.25. The SMILES string of the molecule is CCCN(CC(=O)O)C(=O)c1cnn(-c2ccc(Cl)cc2)c1C. The fourth-order valence-electron chi connectivity index (χ4n) is 2.32. The van der Waals surface area contributed by atoms with Gasteiger partial charge in [0.15, 0.2) is 0 Å². The lowest BCUT2D eigenvalue weighted by molar-refractivity contribution is -0.137. The molecule has 1 aromatic carbocycles. The molecule has 23 heavy (non-hydrogen) atoms. The second-order valence-electron chi connectivity index (χ2n) is 5.15. The number of carbonyl (C=O) groups excluding carboxylic acids is 1. The van der Waals surface area contributed by atoms with Gasteiger partial charge in [0.25, 0.3) is 5.91 Å². The maximum atomic E-state index is 12.6. The van der Waals surface area contributed by atoms with Gasteiger partial charge in [0.1, 0.15) is 6.54 Å². The summed E-state index contributed by atoms with van der Waals surface area (Å²) < 4.78 is 1.63. The lowest BCUT2D eigenvalue weighted by Gasteiger charge is -2.19. The first kappa shape index (κ1) is 17.0. The molecule has 2 rings (SSSR count). The number of rotatable bonds is 6. The molecule has 1 amide bonds. The number of aromatic nitrogens is 2. The van der Waals surface area contributed by atoms with E-state index in [-0.39, 0.29) is 12.5 Å². The van der Waals surface area contributed by atoms with Gasteiger partial charge in [0, 0.05) is 11.6 Å². The Bertz CT molecular complexity index is 710. The van der Waals surface area contributed by atoms with E-state index in [9.17, 15) is 9.59 Å². The van der Waals surface area contributed by atoms with Crippen molar-refractivity contribution in [2.45, 2.75) is 20.3 Å². The Morgan fingerprint density at radius 3 is 2.52 bits per heavy atom. The van der Waals surface area contributed by atoms with Crippen LogP contribution in [0.1, 0.15) is 29.4 Å². The summed E-state index contributed by atoms with van der Waals surface area (Å²) in [5.41, 5.74) is 1.84. The van der Waals surface area contributed by atoms with Crippen molar-refractivity contribution >= 4 is 23.5 Å². The van der Waals surface area contributed by atoms with Crippen LogP contribution in [0.4, 0.5) is 0 Å². The zero-order valence-electron chi connectivity index (χ0n) is 13.0. The predicted octanol–water partition coefficient (Wildman–Crippen LogP) is 2.77. The van der Waals surface area contributed by atoms with Crippen molar-refractivity contribution in [3.8, 4) is 5.69 Å². The predicted molar refractivity (Wildman–Crippen MR) is 87.1 cm³/mol. The van der Waals surface area contributed by atoms with Gasteiger partial charge < -0.3 is 10.0 Å². The number of hydrogen-bond acceptors (Lipinski definition) is 3. The zero-order valence-corrected chi connectivity index (χ0v) is 13.7. The summed E-state index contributed by atoms with van der Waals surface area (Å²) in [6.45, 7) is 3.74. The van der Waals surface area contributed by atoms with Gasteiger partial charge in [-0.2, -0.15) is 5.10 Å². The smallest absolute Gasteiger partial charge is 0.323 e. The standard InChI is InChI=1S/C16H18ClN3O3/c1-3-8-19(10-15(21)22)16(23)14-9-18-20(11(14)2)13-6-4-12(17)5-7-13/h4-7,9H,3,8,10H2,1-2H3,(H,21,22). The normalized spacial score (nSPS) is 10.6. The third kappa shape index (κ3) is 3.90. The Kier molecular flexibility index (Phi) is 5.39. The molecule has 0 aliphatic rings. The summed E-state index contributed by atoms with van der Waals surface area (Å²) in [4.78, 5) is 24.8. The van der Waals surface area contributed by atoms with Gasteiger partial charge in [-0.3, -0.25) is 9.59 Å². The summed E-state index contributed by atoms with van der Waals surface area (Å²) in [6, 6.07) is 7.09. The second-order valence-corrected chi connectivity index (χ2v) is 5.59. The minimum Gasteiger partial charge on any atom is -0.480 e. The van der Waals surface area contributed by atoms with Crippen LogP contribution in [0.3, 0.4) is 0 Å². The van der Waals surface area contributed by atoms with Gasteiger partial charge in [-0.1, -0.05) is 18.5 Å². The molecule has 0 saturated heterocycles. The summed E-state index contributed by atoms with van der Waals surface area (Å²) in [5.74, 6) is -1.36. The van der Waals surface area contributed by atoms with E-state index in [4.69, 9.17) is 16.7 Å². The van der Waals surface area contributed by atoms with Crippen molar-refractivity contribution < 1.29 is 14.7 Å². The van der Waals surface area contributed by atoms with Crippen LogP contribution in [0, 0.1) is 6.92 Å². The topological polar surface area (TPSA) is 75.4 Å². The van der Waals surface area contributed by atoms with Crippen molar-refractivity contribution in [2.24, 2.45) is 0 Å². The summed E-state index contributed by atoms with van der Waals surface area (Å²) in [7, 11) is 0. The molecule has 0 aliphatic carbocycles. The van der Waals surface area contributed by atoms with E-state index in [1.54, 1.807) is 35.9 Å². The van der Waals surface area contributed by atoms with Crippen molar-refractivity contribution in [3.63, 3.8) is 0 Å². The van der Waals surface area contributed by atoms with E-state index in [1.165, 1.54) is 11.1 Å². The molecule has 0 atom stereocenters. The average Bonchev–Trinajstić information content (AvgIpc) is 2.88. The van der Waals surface area contributed by atoms with Gasteiger partial charge >= 0.3 is 5.97 Å². The Morgan fingerprint density at radius 1 is 1.30 bits per heavy atom. The van der Waals surface area contributed by atoms with Crippen molar-refractivity contribution in [1.29, 1.82) is 0 Å². The number of aliphatic carboxylic acids is 1. The third-order valence-corrected chi connectivity index (χ3v) is 3.67. The highest BCUT2D eigenvalue weighted by Gasteiger charge is 2.22. The molecule has 0 aliphatic heterocycles. The van der Waals surface area contributed by atoms with Gasteiger partial charge in [-0.05, 0) is 37.6 Å². The van der Waals surface area contributed by atoms with E-state index >= 15 is 0 Å². The van der Waals surface area contributed by atoms with E-state index < -0.39 is 5.97 Å². The summed E-state index contributed by atoms with van der Waals surface area (Å²) >= 11 is 5.87. The molecule has 0 fully saturated rings. The van der Waals surface area contributed by atoms with Gasteiger partial charge in [-0.15, -0.1) is 0 Å². The molecule has 0 radical (unpaired) electrons. The van der Waals surface area contributed by atoms with Crippen molar-refractivity contribution in [3.05, 3.63) is 46.7 Å². The maximum Gasteiger partial charge on any atom is 0.323 e. The first-order chi connectivity index (χ1) is 10.9. The monoisotopic (exact) mass is 335 g/mol. The molecule has 0 spiro atoms. The van der Waals surface area contributed by atoms with Gasteiger partial charge in [-0.25, -0.2) is 4.68 Å². The number of hydrogen-bond donors (Lipinski definition) is 1. The van der Waals surface area contributed by atoms with Crippen molar-refractivity contribution in [2.75, 3.05) is 13.1 Å². The van der Waals surface area contributed by atoms with Gasteiger partial charge in [0.2, 0.25) is 0 Å². The van der Waals surface area contributed by atoms with Crippen LogP contribution < -0.4 is 0 Å². The fourth-order valence-corrected chi connectivity index (χ4v) is 2.44. The number of benzene rings is 1. The van der Waals surface area contributed by atoms with Gasteiger partial charge in [0.05, 0.1) is 23.1 Å². The van der Waals surface area contributed by atoms with Crippen molar-refractivity contribution in [1.82, 2.24) is 14.7 Å². The van der Waals surface area contributed by atoms with E-state index in [0.29, 0.717) is 29.2 Å². The highest BCUT2D eigenvalue weighted by atomic mass is 35.5. The lowest BCUT2D eigenvalue weighted by Crippen LogP contribution is -2.36. The molecule has 0 saturated carbocycles. The maximum absolute atomic E-state index is 12.6. The van der Waals surface area contributed by atoms with E-state index in [2.05, 4.69) is 5.10 Å². The number of halogens is 1. The number of carboxylic acid groups (broad SMARTS) is 1. The fraction of sp³-hybridized carbons (Fsp3) is 0.312. The van der Waals surface area contributed by atoms with E-state index in [1.807, 2.05) is 6.92 Å². The average molecular weight is 336 g/mol. The molecule has 1 N–H and O–H groups in total. The highest BCUT2D eigenvalue weighted by Crippen LogP contribution is 2.18. The van der Waals surface area contributed by atoms with Crippen LogP contribution in [0.2, 0.25) is 5.02 Å². The van der Waals surface area contributed by atoms with Crippen LogP contribution in [0.15, 0.2) is 30.5 Å². The minimum absolute atomic E-state index is 0.321. The van der Waals surface area contributed by atoms with Crippen LogP contribution in [0.25, 0.3) is 5.69 Å². The van der Waals surface area contributed by atoms with Crippen LogP contribution in [-0.2, 0) is 4.79 Å². The van der Waals surface area contributed by atoms with E-state index in [0.717, 1.165) is 5.69 Å². The number of carbonyl (C=O) groups is 2. The molecule has 7 heteroatoms. The number of nitrogens with zero attached hydrogens (tertiary/aromatic N) is 3. The molecule has 6 nitrogen and oxygen atoms in total. The Hall–Kier alpha value is -2.34. The number of amides is 1. The molecular formula is C16H18ClN3O3. The molecule has 0 unspecified atom stereocenters. The first-order valence-corrected chi connectivity index (χ1v) is 7.63. The Balaban J connectivity index is 2.31. The quantitative estimate of drug-likeness (QED) is 0.880. The largest absolute Gasteiger partial charge is 0.480 e. The Labute approximate surface area is 139 Å². The summed E-state index contributed by atoms with van der Waals surface area (Å²) in [6.07, 6.45) is 2.15. The molecule has 1 aromatic heterocycles. The van der Waals surface area contributed by atoms with Crippen LogP contribution in [-0.4, -0.2) is 44.8 Å². The third-order valence-electron chi connectivity index (χ3n) is 3.42. The Morgan fingerprint density at radius 2 is 1.96 bits per heavy atom. The molecule has 1 heterocycles. The minimum atomic E-state index is -1.03. The van der Waals surface area contributed by atoms with Crippen LogP contribution >= 0.6 is 11.6 Å². The molecule has 122 valence electrons. The molecule has 0 bridgehead atoms. The number of carboxylic acids is 1. The summed E-state index contributed by atoms with van der Waals surface area (Å²) in [5, 5.41) is 13.8.